The van der Waals surface area contributed by atoms with E-state index in [1.54, 1.807) is 18.5 Å². The lowest BCUT2D eigenvalue weighted by atomic mass is 10.1. The smallest absolute Gasteiger partial charge is 0.141 e. The zero-order chi connectivity index (χ0) is 9.80. The molecule has 2 rings (SSSR count). The Morgan fingerprint density at radius 3 is 3.21 bits per heavy atom. The van der Waals surface area contributed by atoms with Gasteiger partial charge < -0.3 is 10.1 Å². The van der Waals surface area contributed by atoms with Crippen LogP contribution in [0.4, 0.5) is 0 Å². The Labute approximate surface area is 88.4 Å². The average molecular weight is 213 g/mol. The number of pyridine rings is 1. The van der Waals surface area contributed by atoms with Crippen LogP contribution < -0.4 is 10.1 Å². The Morgan fingerprint density at radius 1 is 1.57 bits per heavy atom. The fourth-order valence-corrected chi connectivity index (χ4v) is 1.72. The number of rotatable bonds is 2. The van der Waals surface area contributed by atoms with E-state index in [4.69, 9.17) is 16.3 Å². The summed E-state index contributed by atoms with van der Waals surface area (Å²) in [5.74, 6) is 0.732. The van der Waals surface area contributed by atoms with Crippen molar-refractivity contribution < 1.29 is 4.74 Å². The van der Waals surface area contributed by atoms with E-state index in [0.29, 0.717) is 5.02 Å². The number of hydrogen-bond acceptors (Lipinski definition) is 3. The number of hydrogen-bond donors (Lipinski definition) is 1. The molecule has 0 spiro atoms. The molecular formula is C10H13ClN2O. The molecule has 1 N–H and O–H groups in total. The van der Waals surface area contributed by atoms with Crippen LogP contribution >= 0.6 is 11.6 Å². The molecule has 0 amide bonds. The van der Waals surface area contributed by atoms with Gasteiger partial charge in [0.05, 0.1) is 0 Å². The third-order valence-electron chi connectivity index (χ3n) is 2.28. The van der Waals surface area contributed by atoms with Crippen molar-refractivity contribution in [2.75, 3.05) is 13.1 Å². The van der Waals surface area contributed by atoms with E-state index >= 15 is 0 Å². The maximum absolute atomic E-state index is 5.94. The molecule has 0 aromatic carbocycles. The van der Waals surface area contributed by atoms with Gasteiger partial charge in [0, 0.05) is 25.0 Å². The summed E-state index contributed by atoms with van der Waals surface area (Å²) in [4.78, 5) is 3.91. The number of ether oxygens (including phenoxy) is 1. The molecule has 0 unspecified atom stereocenters. The van der Waals surface area contributed by atoms with Gasteiger partial charge in [0.15, 0.2) is 0 Å². The van der Waals surface area contributed by atoms with Gasteiger partial charge in [0.25, 0.3) is 0 Å². The summed E-state index contributed by atoms with van der Waals surface area (Å²) in [6.07, 6.45) is 5.78. The van der Waals surface area contributed by atoms with Crippen LogP contribution in [0.1, 0.15) is 12.8 Å². The lowest BCUT2D eigenvalue weighted by Crippen LogP contribution is -2.37. The largest absolute Gasteiger partial charge is 0.487 e. The minimum absolute atomic E-state index is 0.239. The molecular weight excluding hydrogens is 200 g/mol. The van der Waals surface area contributed by atoms with Crippen molar-refractivity contribution in [3.63, 3.8) is 0 Å². The molecule has 1 fully saturated rings. The molecule has 1 aliphatic rings. The summed E-state index contributed by atoms with van der Waals surface area (Å²) in [6.45, 7) is 1.99. The van der Waals surface area contributed by atoms with E-state index in [1.165, 1.54) is 0 Å². The molecule has 0 radical (unpaired) electrons. The van der Waals surface area contributed by atoms with Gasteiger partial charge in [0.1, 0.15) is 16.9 Å². The van der Waals surface area contributed by atoms with Crippen LogP contribution in [0.2, 0.25) is 5.02 Å². The maximum atomic E-state index is 5.94. The van der Waals surface area contributed by atoms with Gasteiger partial charge in [-0.25, -0.2) is 0 Å². The Morgan fingerprint density at radius 2 is 2.50 bits per heavy atom. The first-order valence-corrected chi connectivity index (χ1v) is 5.21. The van der Waals surface area contributed by atoms with Crippen molar-refractivity contribution in [1.29, 1.82) is 0 Å². The number of nitrogens with one attached hydrogen (secondary N) is 1. The predicted octanol–water partition coefficient (Wildman–Crippen LogP) is 1.87. The first-order chi connectivity index (χ1) is 6.86. The summed E-state index contributed by atoms with van der Waals surface area (Å²) in [6, 6.07) is 1.80. The van der Waals surface area contributed by atoms with Crippen LogP contribution in [0.5, 0.6) is 5.75 Å². The fourth-order valence-electron chi connectivity index (χ4n) is 1.56. The summed E-state index contributed by atoms with van der Waals surface area (Å²) >= 11 is 5.94. The molecule has 4 heteroatoms. The van der Waals surface area contributed by atoms with Crippen LogP contribution in [-0.4, -0.2) is 24.2 Å². The van der Waals surface area contributed by atoms with Gasteiger partial charge >= 0.3 is 0 Å². The Hall–Kier alpha value is -0.800. The van der Waals surface area contributed by atoms with Crippen LogP contribution in [0.3, 0.4) is 0 Å². The van der Waals surface area contributed by atoms with Crippen LogP contribution in [0.15, 0.2) is 18.5 Å². The van der Waals surface area contributed by atoms with Crippen molar-refractivity contribution >= 4 is 11.6 Å². The highest BCUT2D eigenvalue weighted by Crippen LogP contribution is 2.24. The van der Waals surface area contributed by atoms with Gasteiger partial charge in [-0.05, 0) is 19.4 Å². The summed E-state index contributed by atoms with van der Waals surface area (Å²) in [5, 5.41) is 3.87. The molecule has 1 aromatic heterocycles. The third kappa shape index (κ3) is 2.36. The van der Waals surface area contributed by atoms with E-state index in [2.05, 4.69) is 10.3 Å². The van der Waals surface area contributed by atoms with Crippen molar-refractivity contribution in [2.24, 2.45) is 0 Å². The molecule has 0 saturated carbocycles. The zero-order valence-electron chi connectivity index (χ0n) is 7.87. The molecule has 3 nitrogen and oxygen atoms in total. The molecule has 0 aliphatic carbocycles. The van der Waals surface area contributed by atoms with Crippen LogP contribution in [0.25, 0.3) is 0 Å². The van der Waals surface area contributed by atoms with Gasteiger partial charge in [-0.1, -0.05) is 11.6 Å². The maximum Gasteiger partial charge on any atom is 0.141 e. The number of halogens is 1. The van der Waals surface area contributed by atoms with Crippen molar-refractivity contribution in [3.05, 3.63) is 23.5 Å². The van der Waals surface area contributed by atoms with Crippen LogP contribution in [-0.2, 0) is 0 Å². The SMILES string of the molecule is Clc1cnccc1O[C@H]1CCCNC1. The molecule has 1 atom stereocenters. The van der Waals surface area contributed by atoms with Gasteiger partial charge in [0.2, 0.25) is 0 Å². The number of piperidine rings is 1. The molecule has 1 aliphatic heterocycles. The highest BCUT2D eigenvalue weighted by atomic mass is 35.5. The van der Waals surface area contributed by atoms with E-state index in [1.807, 2.05) is 0 Å². The third-order valence-corrected chi connectivity index (χ3v) is 2.56. The van der Waals surface area contributed by atoms with Gasteiger partial charge in [-0.15, -0.1) is 0 Å². The quantitative estimate of drug-likeness (QED) is 0.813. The second-order valence-corrected chi connectivity index (χ2v) is 3.80. The molecule has 1 saturated heterocycles. The summed E-state index contributed by atoms with van der Waals surface area (Å²) < 4.78 is 5.75. The minimum Gasteiger partial charge on any atom is -0.487 e. The van der Waals surface area contributed by atoms with E-state index in [9.17, 15) is 0 Å². The Balaban J connectivity index is 1.99. The molecule has 1 aromatic rings. The monoisotopic (exact) mass is 212 g/mol. The van der Waals surface area contributed by atoms with E-state index < -0.39 is 0 Å². The Bertz CT molecular complexity index is 300. The summed E-state index contributed by atoms with van der Waals surface area (Å²) in [5.41, 5.74) is 0. The van der Waals surface area contributed by atoms with E-state index in [-0.39, 0.29) is 6.10 Å². The zero-order valence-corrected chi connectivity index (χ0v) is 8.63. The van der Waals surface area contributed by atoms with Gasteiger partial charge in [-0.3, -0.25) is 4.98 Å². The molecule has 0 bridgehead atoms. The van der Waals surface area contributed by atoms with Gasteiger partial charge in [-0.2, -0.15) is 0 Å². The highest BCUT2D eigenvalue weighted by Gasteiger charge is 2.15. The first-order valence-electron chi connectivity index (χ1n) is 4.83. The van der Waals surface area contributed by atoms with Crippen LogP contribution in [0, 0.1) is 0 Å². The standard InChI is InChI=1S/C10H13ClN2O/c11-9-7-13-5-3-10(9)14-8-2-1-4-12-6-8/h3,5,7-8,12H,1-2,4,6H2/t8-/m0/s1. The number of nitrogens with zero attached hydrogens (tertiary/aromatic N) is 1. The number of aromatic nitrogens is 1. The average Bonchev–Trinajstić information content (AvgIpc) is 2.23. The first kappa shape index (κ1) is 9.74. The fraction of sp³-hybridized carbons (Fsp3) is 0.500. The molecule has 14 heavy (non-hydrogen) atoms. The predicted molar refractivity (Wildman–Crippen MR) is 55.8 cm³/mol. The summed E-state index contributed by atoms with van der Waals surface area (Å²) in [7, 11) is 0. The van der Waals surface area contributed by atoms with E-state index in [0.717, 1.165) is 31.7 Å². The molecule has 2 heterocycles. The highest BCUT2D eigenvalue weighted by molar-refractivity contribution is 6.31. The Kier molecular flexibility index (Phi) is 3.22. The van der Waals surface area contributed by atoms with Crippen molar-refractivity contribution in [1.82, 2.24) is 10.3 Å². The minimum atomic E-state index is 0.239. The second kappa shape index (κ2) is 4.62. The molecule has 76 valence electrons. The van der Waals surface area contributed by atoms with Crippen molar-refractivity contribution in [3.8, 4) is 5.75 Å². The topological polar surface area (TPSA) is 34.1 Å². The second-order valence-electron chi connectivity index (χ2n) is 3.39. The normalized spacial score (nSPS) is 21.9. The lowest BCUT2D eigenvalue weighted by Gasteiger charge is -2.24. The van der Waals surface area contributed by atoms with Crippen molar-refractivity contribution in [2.45, 2.75) is 18.9 Å². The lowest BCUT2D eigenvalue weighted by molar-refractivity contribution is 0.167.